The number of rotatable bonds is 8. The first-order valence-corrected chi connectivity index (χ1v) is 10.8. The molecule has 0 atom stereocenters. The number of ether oxygens (including phenoxy) is 1. The molecule has 2 nitrogen and oxygen atoms in total. The van der Waals surface area contributed by atoms with Crippen molar-refractivity contribution < 1.29 is 9.53 Å². The Balaban J connectivity index is 1.67. The molecule has 0 radical (unpaired) electrons. The fourth-order valence-electron chi connectivity index (χ4n) is 4.99. The van der Waals surface area contributed by atoms with Crippen molar-refractivity contribution in [2.45, 2.75) is 117 Å². The molecule has 140 valence electrons. The van der Waals surface area contributed by atoms with Gasteiger partial charge in [0.25, 0.3) is 0 Å². The predicted octanol–water partition coefficient (Wildman–Crippen LogP) is 6.67. The van der Waals surface area contributed by atoms with Crippen molar-refractivity contribution in [1.82, 2.24) is 0 Å². The van der Waals surface area contributed by atoms with E-state index in [9.17, 15) is 4.79 Å². The molecular formula is C22H40O2. The zero-order chi connectivity index (χ0) is 17.4. The van der Waals surface area contributed by atoms with E-state index < -0.39 is 0 Å². The average molecular weight is 337 g/mol. The summed E-state index contributed by atoms with van der Waals surface area (Å²) in [5.41, 5.74) is 0.624. The van der Waals surface area contributed by atoms with E-state index in [1.165, 1.54) is 64.2 Å². The first kappa shape index (κ1) is 19.8. The quantitative estimate of drug-likeness (QED) is 0.365. The molecule has 0 amide bonds. The van der Waals surface area contributed by atoms with Crippen molar-refractivity contribution in [3.05, 3.63) is 0 Å². The Kier molecular flexibility index (Phi) is 8.10. The maximum absolute atomic E-state index is 11.7. The van der Waals surface area contributed by atoms with E-state index in [0.717, 1.165) is 31.1 Å². The highest BCUT2D eigenvalue weighted by Gasteiger charge is 2.35. The largest absolute Gasteiger partial charge is 0.462 e. The summed E-state index contributed by atoms with van der Waals surface area (Å²) in [4.78, 5) is 11.7. The predicted molar refractivity (Wildman–Crippen MR) is 101 cm³/mol. The van der Waals surface area contributed by atoms with E-state index in [2.05, 4.69) is 13.8 Å². The van der Waals surface area contributed by atoms with Crippen LogP contribution < -0.4 is 0 Å². The molecule has 0 bridgehead atoms. The second-order valence-corrected chi connectivity index (χ2v) is 8.88. The van der Waals surface area contributed by atoms with E-state index >= 15 is 0 Å². The summed E-state index contributed by atoms with van der Waals surface area (Å²) < 4.78 is 5.62. The number of esters is 1. The highest BCUT2D eigenvalue weighted by Crippen LogP contribution is 2.47. The van der Waals surface area contributed by atoms with Gasteiger partial charge in [-0.15, -0.1) is 0 Å². The Bertz CT molecular complexity index is 360. The van der Waals surface area contributed by atoms with Crippen LogP contribution in [0, 0.1) is 17.3 Å². The van der Waals surface area contributed by atoms with Crippen LogP contribution in [0.25, 0.3) is 0 Å². The van der Waals surface area contributed by atoms with Crippen LogP contribution >= 0.6 is 0 Å². The van der Waals surface area contributed by atoms with Crippen molar-refractivity contribution in [2.75, 3.05) is 0 Å². The Hall–Kier alpha value is -0.530. The molecule has 2 aliphatic carbocycles. The lowest BCUT2D eigenvalue weighted by molar-refractivity contribution is -0.151. The van der Waals surface area contributed by atoms with Gasteiger partial charge in [0.15, 0.2) is 0 Å². The Morgan fingerprint density at radius 2 is 1.54 bits per heavy atom. The number of carbonyl (C=O) groups excluding carboxylic acids is 1. The van der Waals surface area contributed by atoms with Crippen LogP contribution in [0.1, 0.15) is 111 Å². The molecule has 2 rings (SSSR count). The maximum Gasteiger partial charge on any atom is 0.306 e. The zero-order valence-corrected chi connectivity index (χ0v) is 16.4. The van der Waals surface area contributed by atoms with Gasteiger partial charge in [0, 0.05) is 6.42 Å². The Morgan fingerprint density at radius 3 is 2.12 bits per heavy atom. The van der Waals surface area contributed by atoms with Gasteiger partial charge in [-0.05, 0) is 81.5 Å². The topological polar surface area (TPSA) is 26.3 Å². The summed E-state index contributed by atoms with van der Waals surface area (Å²) in [7, 11) is 0. The van der Waals surface area contributed by atoms with Crippen molar-refractivity contribution in [3.63, 3.8) is 0 Å². The summed E-state index contributed by atoms with van der Waals surface area (Å²) in [6, 6.07) is 0. The fraction of sp³-hybridized carbons (Fsp3) is 0.955. The molecule has 0 aromatic rings. The van der Waals surface area contributed by atoms with E-state index in [-0.39, 0.29) is 12.1 Å². The van der Waals surface area contributed by atoms with E-state index in [4.69, 9.17) is 4.74 Å². The highest BCUT2D eigenvalue weighted by atomic mass is 16.5. The lowest BCUT2D eigenvalue weighted by Crippen LogP contribution is -2.32. The SMILES string of the molecule is CCCCC[C@]1(C)CC[C@@H](C2CCC(OC(=O)CCC)CC2)CC1. The van der Waals surface area contributed by atoms with Crippen LogP contribution in [0.3, 0.4) is 0 Å². The molecule has 0 aliphatic heterocycles. The minimum Gasteiger partial charge on any atom is -0.462 e. The monoisotopic (exact) mass is 336 g/mol. The van der Waals surface area contributed by atoms with Crippen LogP contribution in [-0.4, -0.2) is 12.1 Å². The molecular weight excluding hydrogens is 296 g/mol. The van der Waals surface area contributed by atoms with Gasteiger partial charge < -0.3 is 4.74 Å². The second kappa shape index (κ2) is 9.82. The second-order valence-electron chi connectivity index (χ2n) is 8.88. The third-order valence-corrected chi connectivity index (χ3v) is 6.76. The molecule has 2 heteroatoms. The smallest absolute Gasteiger partial charge is 0.306 e. The lowest BCUT2D eigenvalue weighted by Gasteiger charge is -2.42. The molecule has 0 unspecified atom stereocenters. The Morgan fingerprint density at radius 1 is 0.917 bits per heavy atom. The minimum absolute atomic E-state index is 0.0152. The number of hydrogen-bond acceptors (Lipinski definition) is 2. The molecule has 0 saturated heterocycles. The normalized spacial score (nSPS) is 34.0. The average Bonchev–Trinajstić information content (AvgIpc) is 2.57. The van der Waals surface area contributed by atoms with Gasteiger partial charge in [-0.3, -0.25) is 4.79 Å². The minimum atomic E-state index is 0.0152. The molecule has 2 saturated carbocycles. The van der Waals surface area contributed by atoms with Crippen molar-refractivity contribution in [2.24, 2.45) is 17.3 Å². The van der Waals surface area contributed by atoms with Gasteiger partial charge in [0.05, 0.1) is 0 Å². The van der Waals surface area contributed by atoms with E-state index in [1.807, 2.05) is 6.92 Å². The third-order valence-electron chi connectivity index (χ3n) is 6.76. The number of carbonyl (C=O) groups is 1. The van der Waals surface area contributed by atoms with E-state index in [1.54, 1.807) is 0 Å². The fourth-order valence-corrected chi connectivity index (χ4v) is 4.99. The lowest BCUT2D eigenvalue weighted by atomic mass is 9.64. The number of hydrogen-bond donors (Lipinski definition) is 0. The van der Waals surface area contributed by atoms with Gasteiger partial charge in [-0.25, -0.2) is 0 Å². The summed E-state index contributed by atoms with van der Waals surface area (Å²) in [5, 5.41) is 0. The van der Waals surface area contributed by atoms with Crippen LogP contribution in [0.15, 0.2) is 0 Å². The van der Waals surface area contributed by atoms with Crippen molar-refractivity contribution in [1.29, 1.82) is 0 Å². The van der Waals surface area contributed by atoms with Gasteiger partial charge in [0.2, 0.25) is 0 Å². The molecule has 2 fully saturated rings. The first-order valence-electron chi connectivity index (χ1n) is 10.8. The molecule has 0 heterocycles. The van der Waals surface area contributed by atoms with Crippen molar-refractivity contribution in [3.8, 4) is 0 Å². The van der Waals surface area contributed by atoms with E-state index in [0.29, 0.717) is 11.8 Å². The standard InChI is InChI=1S/C22H40O2/c1-4-6-7-15-22(3)16-13-19(14-17-22)18-9-11-20(12-10-18)24-21(23)8-5-2/h18-20H,4-17H2,1-3H3/t18?,19-,20?,22-. The zero-order valence-electron chi connectivity index (χ0n) is 16.4. The van der Waals surface area contributed by atoms with Crippen LogP contribution in [0.5, 0.6) is 0 Å². The third kappa shape index (κ3) is 6.08. The molecule has 24 heavy (non-hydrogen) atoms. The Labute approximate surface area is 150 Å². The summed E-state index contributed by atoms with van der Waals surface area (Å²) >= 11 is 0. The molecule has 0 aromatic carbocycles. The molecule has 0 spiro atoms. The summed E-state index contributed by atoms with van der Waals surface area (Å²) in [6.45, 7) is 6.87. The van der Waals surface area contributed by atoms with Crippen LogP contribution in [0.4, 0.5) is 0 Å². The maximum atomic E-state index is 11.7. The summed E-state index contributed by atoms with van der Waals surface area (Å²) in [5.74, 6) is 1.85. The van der Waals surface area contributed by atoms with Gasteiger partial charge >= 0.3 is 5.97 Å². The summed E-state index contributed by atoms with van der Waals surface area (Å²) in [6.07, 6.45) is 17.8. The van der Waals surface area contributed by atoms with Gasteiger partial charge in [0.1, 0.15) is 6.10 Å². The van der Waals surface area contributed by atoms with Crippen LogP contribution in [0.2, 0.25) is 0 Å². The first-order chi connectivity index (χ1) is 11.6. The van der Waals surface area contributed by atoms with Crippen molar-refractivity contribution >= 4 is 5.97 Å². The van der Waals surface area contributed by atoms with Gasteiger partial charge in [-0.1, -0.05) is 40.0 Å². The van der Waals surface area contributed by atoms with Gasteiger partial charge in [-0.2, -0.15) is 0 Å². The molecule has 0 aromatic heterocycles. The molecule has 0 N–H and O–H groups in total. The van der Waals surface area contributed by atoms with Crippen LogP contribution in [-0.2, 0) is 9.53 Å². The molecule has 2 aliphatic rings. The number of unbranched alkanes of at least 4 members (excludes halogenated alkanes) is 2. The highest BCUT2D eigenvalue weighted by molar-refractivity contribution is 5.69.